The van der Waals surface area contributed by atoms with Gasteiger partial charge in [-0.2, -0.15) is 0 Å². The lowest BCUT2D eigenvalue weighted by atomic mass is 10.2. The number of carbonyl (C=O) groups is 1. The number of esters is 1. The SMILES string of the molecule is CCOC(=O)c1cc(Cl)cc(C2CC2)n1. The number of hydrogen-bond donors (Lipinski definition) is 0. The zero-order valence-corrected chi connectivity index (χ0v) is 9.25. The highest BCUT2D eigenvalue weighted by atomic mass is 35.5. The molecule has 1 saturated carbocycles. The monoisotopic (exact) mass is 225 g/mol. The number of rotatable bonds is 3. The van der Waals surface area contributed by atoms with Crippen LogP contribution in [0.15, 0.2) is 12.1 Å². The van der Waals surface area contributed by atoms with Crippen molar-refractivity contribution in [2.45, 2.75) is 25.7 Å². The molecule has 1 aromatic rings. The lowest BCUT2D eigenvalue weighted by molar-refractivity contribution is 0.0519. The number of hydrogen-bond acceptors (Lipinski definition) is 3. The topological polar surface area (TPSA) is 39.2 Å². The van der Waals surface area contributed by atoms with Gasteiger partial charge in [0, 0.05) is 16.6 Å². The molecule has 1 fully saturated rings. The van der Waals surface area contributed by atoms with E-state index in [4.69, 9.17) is 16.3 Å². The minimum Gasteiger partial charge on any atom is -0.461 e. The molecule has 2 rings (SSSR count). The second-order valence-corrected chi connectivity index (χ2v) is 4.03. The number of pyridine rings is 1. The van der Waals surface area contributed by atoms with Crippen molar-refractivity contribution in [2.75, 3.05) is 6.61 Å². The van der Waals surface area contributed by atoms with E-state index in [1.807, 2.05) is 6.07 Å². The Morgan fingerprint density at radius 1 is 1.60 bits per heavy atom. The number of carbonyl (C=O) groups excluding carboxylic acids is 1. The molecule has 1 aromatic heterocycles. The third kappa shape index (κ3) is 2.48. The zero-order chi connectivity index (χ0) is 10.8. The summed E-state index contributed by atoms with van der Waals surface area (Å²) in [6.07, 6.45) is 2.27. The molecule has 0 radical (unpaired) electrons. The van der Waals surface area contributed by atoms with Crippen LogP contribution in [-0.2, 0) is 4.74 Å². The Morgan fingerprint density at radius 3 is 2.93 bits per heavy atom. The molecular weight excluding hydrogens is 214 g/mol. The van der Waals surface area contributed by atoms with Crippen molar-refractivity contribution in [1.82, 2.24) is 4.98 Å². The third-order valence-electron chi connectivity index (χ3n) is 2.29. The van der Waals surface area contributed by atoms with Gasteiger partial charge in [-0.15, -0.1) is 0 Å². The van der Waals surface area contributed by atoms with Crippen LogP contribution in [-0.4, -0.2) is 17.6 Å². The van der Waals surface area contributed by atoms with Crippen molar-refractivity contribution in [3.8, 4) is 0 Å². The number of halogens is 1. The van der Waals surface area contributed by atoms with Gasteiger partial charge < -0.3 is 4.74 Å². The number of nitrogens with zero attached hydrogens (tertiary/aromatic N) is 1. The van der Waals surface area contributed by atoms with Crippen molar-refractivity contribution in [3.05, 3.63) is 28.5 Å². The molecule has 0 saturated heterocycles. The first-order valence-electron chi connectivity index (χ1n) is 5.05. The Bertz CT molecular complexity index is 388. The van der Waals surface area contributed by atoms with Crippen LogP contribution in [0.5, 0.6) is 0 Å². The fraction of sp³-hybridized carbons (Fsp3) is 0.455. The Hall–Kier alpha value is -1.09. The fourth-order valence-electron chi connectivity index (χ4n) is 1.42. The van der Waals surface area contributed by atoms with Gasteiger partial charge in [-0.3, -0.25) is 0 Å². The minimum atomic E-state index is -0.401. The zero-order valence-electron chi connectivity index (χ0n) is 8.50. The molecule has 0 N–H and O–H groups in total. The van der Waals surface area contributed by atoms with Crippen molar-refractivity contribution >= 4 is 17.6 Å². The van der Waals surface area contributed by atoms with Crippen molar-refractivity contribution in [1.29, 1.82) is 0 Å². The molecule has 0 atom stereocenters. The lowest BCUT2D eigenvalue weighted by Gasteiger charge is -2.04. The van der Waals surface area contributed by atoms with E-state index in [0.717, 1.165) is 18.5 Å². The fourth-order valence-corrected chi connectivity index (χ4v) is 1.63. The summed E-state index contributed by atoms with van der Waals surface area (Å²) in [6.45, 7) is 2.12. The van der Waals surface area contributed by atoms with E-state index in [1.54, 1.807) is 13.0 Å². The summed E-state index contributed by atoms with van der Waals surface area (Å²) < 4.78 is 4.88. The molecule has 0 bridgehead atoms. The van der Waals surface area contributed by atoms with E-state index in [2.05, 4.69) is 4.98 Å². The summed E-state index contributed by atoms with van der Waals surface area (Å²) in [6, 6.07) is 3.37. The Kier molecular flexibility index (Phi) is 2.91. The molecular formula is C11H12ClNO2. The normalized spacial score (nSPS) is 15.1. The van der Waals surface area contributed by atoms with Crippen LogP contribution in [0.4, 0.5) is 0 Å². The third-order valence-corrected chi connectivity index (χ3v) is 2.51. The molecule has 1 aliphatic carbocycles. The highest BCUT2D eigenvalue weighted by Crippen LogP contribution is 2.39. The molecule has 0 aliphatic heterocycles. The number of aromatic nitrogens is 1. The maximum absolute atomic E-state index is 11.4. The molecule has 0 aromatic carbocycles. The van der Waals surface area contributed by atoms with E-state index in [-0.39, 0.29) is 0 Å². The van der Waals surface area contributed by atoms with Crippen LogP contribution < -0.4 is 0 Å². The summed E-state index contributed by atoms with van der Waals surface area (Å²) in [7, 11) is 0. The summed E-state index contributed by atoms with van der Waals surface area (Å²) in [5.74, 6) is 0.0822. The maximum Gasteiger partial charge on any atom is 0.356 e. The van der Waals surface area contributed by atoms with Gasteiger partial charge in [0.1, 0.15) is 5.69 Å². The molecule has 4 heteroatoms. The second-order valence-electron chi connectivity index (χ2n) is 3.59. The van der Waals surface area contributed by atoms with E-state index >= 15 is 0 Å². The summed E-state index contributed by atoms with van der Waals surface area (Å²) in [4.78, 5) is 15.7. The van der Waals surface area contributed by atoms with E-state index in [9.17, 15) is 4.79 Å². The van der Waals surface area contributed by atoms with Gasteiger partial charge in [0.15, 0.2) is 0 Å². The highest BCUT2D eigenvalue weighted by Gasteiger charge is 2.26. The molecule has 0 amide bonds. The van der Waals surface area contributed by atoms with Crippen LogP contribution in [0.2, 0.25) is 5.02 Å². The minimum absolute atomic E-state index is 0.311. The first-order valence-corrected chi connectivity index (χ1v) is 5.43. The second kappa shape index (κ2) is 4.19. The average Bonchev–Trinajstić information content (AvgIpc) is 3.00. The van der Waals surface area contributed by atoms with Gasteiger partial charge in [0.25, 0.3) is 0 Å². The molecule has 0 spiro atoms. The average molecular weight is 226 g/mol. The van der Waals surface area contributed by atoms with E-state index in [0.29, 0.717) is 23.2 Å². The standard InChI is InChI=1S/C11H12ClNO2/c1-2-15-11(14)10-6-8(12)5-9(13-10)7-3-4-7/h5-7H,2-4H2,1H3. The summed E-state index contributed by atoms with van der Waals surface area (Å²) >= 11 is 5.92. The van der Waals surface area contributed by atoms with Gasteiger partial charge in [-0.05, 0) is 31.9 Å². The highest BCUT2D eigenvalue weighted by molar-refractivity contribution is 6.30. The van der Waals surface area contributed by atoms with Gasteiger partial charge in [0.2, 0.25) is 0 Å². The Labute approximate surface area is 93.4 Å². The van der Waals surface area contributed by atoms with E-state index < -0.39 is 5.97 Å². The first kappa shape index (κ1) is 10.4. The van der Waals surface area contributed by atoms with E-state index in [1.165, 1.54) is 0 Å². The Balaban J connectivity index is 2.26. The molecule has 1 aliphatic rings. The van der Waals surface area contributed by atoms with Gasteiger partial charge in [-0.25, -0.2) is 9.78 Å². The van der Waals surface area contributed by atoms with Crippen LogP contribution in [0.3, 0.4) is 0 Å². The van der Waals surface area contributed by atoms with Crippen LogP contribution >= 0.6 is 11.6 Å². The summed E-state index contributed by atoms with van der Waals surface area (Å²) in [5.41, 5.74) is 1.22. The molecule has 15 heavy (non-hydrogen) atoms. The first-order chi connectivity index (χ1) is 7.20. The van der Waals surface area contributed by atoms with Crippen molar-refractivity contribution in [3.63, 3.8) is 0 Å². The molecule has 0 unspecified atom stereocenters. The van der Waals surface area contributed by atoms with Crippen LogP contribution in [0.25, 0.3) is 0 Å². The predicted octanol–water partition coefficient (Wildman–Crippen LogP) is 2.79. The van der Waals surface area contributed by atoms with Crippen molar-refractivity contribution in [2.24, 2.45) is 0 Å². The van der Waals surface area contributed by atoms with Crippen LogP contribution in [0, 0.1) is 0 Å². The molecule has 80 valence electrons. The van der Waals surface area contributed by atoms with Gasteiger partial charge in [0.05, 0.1) is 6.61 Å². The smallest absolute Gasteiger partial charge is 0.356 e. The molecule has 3 nitrogen and oxygen atoms in total. The quantitative estimate of drug-likeness (QED) is 0.743. The van der Waals surface area contributed by atoms with Crippen LogP contribution in [0.1, 0.15) is 41.9 Å². The predicted molar refractivity (Wildman–Crippen MR) is 57.2 cm³/mol. The maximum atomic E-state index is 11.4. The number of ether oxygens (including phenoxy) is 1. The van der Waals surface area contributed by atoms with Gasteiger partial charge in [-0.1, -0.05) is 11.6 Å². The lowest BCUT2D eigenvalue weighted by Crippen LogP contribution is -2.08. The largest absolute Gasteiger partial charge is 0.461 e. The Morgan fingerprint density at radius 2 is 2.33 bits per heavy atom. The van der Waals surface area contributed by atoms with Gasteiger partial charge >= 0.3 is 5.97 Å². The van der Waals surface area contributed by atoms with Crippen molar-refractivity contribution < 1.29 is 9.53 Å². The summed E-state index contributed by atoms with van der Waals surface area (Å²) in [5, 5.41) is 0.551. The molecule has 1 heterocycles.